The van der Waals surface area contributed by atoms with Crippen LogP contribution in [0.15, 0.2) is 30.3 Å². The number of para-hydroxylation sites is 1. The fourth-order valence-electron chi connectivity index (χ4n) is 1.35. The number of hydrogen-bond donors (Lipinski definition) is 1. The van der Waals surface area contributed by atoms with Gasteiger partial charge < -0.3 is 10.1 Å². The molecule has 0 spiro atoms. The van der Waals surface area contributed by atoms with E-state index in [4.69, 9.17) is 4.74 Å². The number of ether oxygens (including phenoxy) is 1. The fraction of sp³-hybridized carbons (Fsp3) is 0.462. The molecule has 1 N–H and O–H groups in total. The highest BCUT2D eigenvalue weighted by atomic mass is 16.5. The van der Waals surface area contributed by atoms with E-state index in [9.17, 15) is 4.79 Å². The van der Waals surface area contributed by atoms with Crippen molar-refractivity contribution in [3.8, 4) is 0 Å². The van der Waals surface area contributed by atoms with Crippen LogP contribution in [0.3, 0.4) is 0 Å². The first-order valence-electron chi connectivity index (χ1n) is 5.42. The van der Waals surface area contributed by atoms with E-state index in [2.05, 4.69) is 5.32 Å². The lowest BCUT2D eigenvalue weighted by atomic mass is 10.2. The van der Waals surface area contributed by atoms with Crippen molar-refractivity contribution in [1.82, 2.24) is 0 Å². The predicted molar refractivity (Wildman–Crippen MR) is 65.4 cm³/mol. The minimum atomic E-state index is -0.458. The van der Waals surface area contributed by atoms with Crippen LogP contribution in [0, 0.1) is 0 Å². The molecule has 0 radical (unpaired) electrons. The van der Waals surface area contributed by atoms with Crippen LogP contribution in [0.5, 0.6) is 0 Å². The highest BCUT2D eigenvalue weighted by Crippen LogP contribution is 2.12. The monoisotopic (exact) mass is 221 g/mol. The van der Waals surface area contributed by atoms with Crippen LogP contribution in [-0.2, 0) is 9.53 Å². The fourth-order valence-corrected chi connectivity index (χ4v) is 1.35. The van der Waals surface area contributed by atoms with E-state index in [-0.39, 0.29) is 11.5 Å². The highest BCUT2D eigenvalue weighted by Gasteiger charge is 2.20. The Morgan fingerprint density at radius 1 is 1.25 bits per heavy atom. The number of nitrogens with one attached hydrogen (secondary N) is 1. The van der Waals surface area contributed by atoms with E-state index in [0.29, 0.717) is 0 Å². The first kappa shape index (κ1) is 12.7. The molecule has 1 atom stereocenters. The molecule has 0 aliphatic rings. The van der Waals surface area contributed by atoms with Gasteiger partial charge >= 0.3 is 0 Å². The molecule has 0 fully saturated rings. The van der Waals surface area contributed by atoms with Crippen molar-refractivity contribution in [2.45, 2.75) is 39.4 Å². The number of hydrogen-bond acceptors (Lipinski definition) is 2. The molecule has 0 aliphatic heterocycles. The summed E-state index contributed by atoms with van der Waals surface area (Å²) in [5.74, 6) is -0.124. The summed E-state index contributed by atoms with van der Waals surface area (Å²) in [6.45, 7) is 7.54. The van der Waals surface area contributed by atoms with Crippen LogP contribution in [-0.4, -0.2) is 17.6 Å². The number of anilines is 1. The van der Waals surface area contributed by atoms with Crippen molar-refractivity contribution >= 4 is 11.6 Å². The van der Waals surface area contributed by atoms with Gasteiger partial charge in [-0.25, -0.2) is 0 Å². The van der Waals surface area contributed by atoms with Gasteiger partial charge in [0.25, 0.3) is 5.91 Å². The predicted octanol–water partition coefficient (Wildman–Crippen LogP) is 2.83. The molecular formula is C13H19NO2. The standard InChI is InChI=1S/C13H19NO2/c1-10(16-13(2,3)4)12(15)14-11-8-6-5-7-9-11/h5-10H,1-4H3,(H,14,15). The van der Waals surface area contributed by atoms with Crippen molar-refractivity contribution in [3.05, 3.63) is 30.3 Å². The normalized spacial score (nSPS) is 13.2. The van der Waals surface area contributed by atoms with E-state index in [1.807, 2.05) is 51.1 Å². The summed E-state index contributed by atoms with van der Waals surface area (Å²) < 4.78 is 5.56. The third-order valence-corrected chi connectivity index (χ3v) is 1.94. The summed E-state index contributed by atoms with van der Waals surface area (Å²) in [6.07, 6.45) is -0.458. The maximum absolute atomic E-state index is 11.8. The Morgan fingerprint density at radius 3 is 2.31 bits per heavy atom. The summed E-state index contributed by atoms with van der Waals surface area (Å²) >= 11 is 0. The van der Waals surface area contributed by atoms with Crippen LogP contribution in [0.25, 0.3) is 0 Å². The first-order chi connectivity index (χ1) is 7.38. The minimum absolute atomic E-state index is 0.124. The largest absolute Gasteiger partial charge is 0.363 e. The Labute approximate surface area is 96.8 Å². The lowest BCUT2D eigenvalue weighted by molar-refractivity contribution is -0.135. The van der Waals surface area contributed by atoms with Gasteiger partial charge in [0.2, 0.25) is 0 Å². The molecule has 0 aliphatic carbocycles. The Hall–Kier alpha value is -1.35. The summed E-state index contributed by atoms with van der Waals surface area (Å²) in [6, 6.07) is 9.37. The van der Waals surface area contributed by atoms with Gasteiger partial charge in [-0.15, -0.1) is 0 Å². The topological polar surface area (TPSA) is 38.3 Å². The number of rotatable bonds is 3. The maximum atomic E-state index is 11.8. The van der Waals surface area contributed by atoms with Crippen LogP contribution >= 0.6 is 0 Å². The minimum Gasteiger partial charge on any atom is -0.363 e. The van der Waals surface area contributed by atoms with Crippen molar-refractivity contribution < 1.29 is 9.53 Å². The van der Waals surface area contributed by atoms with E-state index in [0.717, 1.165) is 5.69 Å². The number of carbonyl (C=O) groups excluding carboxylic acids is 1. The van der Waals surface area contributed by atoms with Crippen LogP contribution < -0.4 is 5.32 Å². The van der Waals surface area contributed by atoms with Crippen LogP contribution in [0.4, 0.5) is 5.69 Å². The third kappa shape index (κ3) is 4.45. The Balaban J connectivity index is 2.53. The van der Waals surface area contributed by atoms with Crippen molar-refractivity contribution in [3.63, 3.8) is 0 Å². The lowest BCUT2D eigenvalue weighted by Gasteiger charge is -2.24. The smallest absolute Gasteiger partial charge is 0.253 e. The average molecular weight is 221 g/mol. The van der Waals surface area contributed by atoms with Crippen molar-refractivity contribution in [2.24, 2.45) is 0 Å². The molecular weight excluding hydrogens is 202 g/mol. The Kier molecular flexibility index (Phi) is 4.07. The number of carbonyl (C=O) groups is 1. The van der Waals surface area contributed by atoms with E-state index in [1.54, 1.807) is 6.92 Å². The van der Waals surface area contributed by atoms with Gasteiger partial charge in [-0.2, -0.15) is 0 Å². The molecule has 1 amide bonds. The molecule has 0 saturated carbocycles. The molecule has 3 nitrogen and oxygen atoms in total. The first-order valence-corrected chi connectivity index (χ1v) is 5.42. The zero-order chi connectivity index (χ0) is 12.2. The molecule has 1 unspecified atom stereocenters. The summed E-state index contributed by atoms with van der Waals surface area (Å²) in [7, 11) is 0. The van der Waals surface area contributed by atoms with E-state index >= 15 is 0 Å². The lowest BCUT2D eigenvalue weighted by Crippen LogP contribution is -2.34. The molecule has 3 heteroatoms. The maximum Gasteiger partial charge on any atom is 0.253 e. The highest BCUT2D eigenvalue weighted by molar-refractivity contribution is 5.93. The summed E-state index contributed by atoms with van der Waals surface area (Å²) in [5, 5.41) is 2.80. The molecule has 0 aromatic heterocycles. The van der Waals surface area contributed by atoms with Gasteiger partial charge in [0.1, 0.15) is 6.10 Å². The summed E-state index contributed by atoms with van der Waals surface area (Å²) in [5.41, 5.74) is 0.477. The van der Waals surface area contributed by atoms with Gasteiger partial charge in [0.05, 0.1) is 5.60 Å². The molecule has 0 saturated heterocycles. The van der Waals surface area contributed by atoms with Crippen molar-refractivity contribution in [1.29, 1.82) is 0 Å². The molecule has 0 bridgehead atoms. The third-order valence-electron chi connectivity index (χ3n) is 1.94. The van der Waals surface area contributed by atoms with Gasteiger partial charge in [-0.1, -0.05) is 18.2 Å². The zero-order valence-corrected chi connectivity index (χ0v) is 10.3. The van der Waals surface area contributed by atoms with Gasteiger partial charge in [0.15, 0.2) is 0 Å². The molecule has 1 aromatic rings. The quantitative estimate of drug-likeness (QED) is 0.852. The molecule has 0 heterocycles. The van der Waals surface area contributed by atoms with Crippen molar-refractivity contribution in [2.75, 3.05) is 5.32 Å². The molecule has 88 valence electrons. The molecule has 1 aromatic carbocycles. The number of benzene rings is 1. The second kappa shape index (κ2) is 5.12. The molecule has 16 heavy (non-hydrogen) atoms. The van der Waals surface area contributed by atoms with E-state index < -0.39 is 6.10 Å². The average Bonchev–Trinajstić information content (AvgIpc) is 2.16. The van der Waals surface area contributed by atoms with Gasteiger partial charge in [0, 0.05) is 5.69 Å². The second-order valence-electron chi connectivity index (χ2n) is 4.73. The van der Waals surface area contributed by atoms with Crippen LogP contribution in [0.2, 0.25) is 0 Å². The number of amides is 1. The van der Waals surface area contributed by atoms with Gasteiger partial charge in [-0.3, -0.25) is 4.79 Å². The Bertz CT molecular complexity index is 341. The zero-order valence-electron chi connectivity index (χ0n) is 10.3. The SMILES string of the molecule is CC(OC(C)(C)C)C(=O)Nc1ccccc1. The van der Waals surface area contributed by atoms with Crippen LogP contribution in [0.1, 0.15) is 27.7 Å². The second-order valence-corrected chi connectivity index (χ2v) is 4.73. The Morgan fingerprint density at radius 2 is 1.81 bits per heavy atom. The van der Waals surface area contributed by atoms with E-state index in [1.165, 1.54) is 0 Å². The summed E-state index contributed by atoms with van der Waals surface area (Å²) in [4.78, 5) is 11.8. The molecule has 1 rings (SSSR count). The van der Waals surface area contributed by atoms with Gasteiger partial charge in [-0.05, 0) is 39.8 Å².